The molecule has 4 rings (SSSR count). The summed E-state index contributed by atoms with van der Waals surface area (Å²) in [5, 5.41) is 23.1. The molecule has 0 saturated carbocycles. The second kappa shape index (κ2) is 8.97. The van der Waals surface area contributed by atoms with Gasteiger partial charge in [0.15, 0.2) is 6.10 Å². The first-order chi connectivity index (χ1) is 16.8. The smallest absolute Gasteiger partial charge is 0.342 e. The molecule has 8 nitrogen and oxygen atoms in total. The molecule has 0 amide bonds. The topological polar surface area (TPSA) is 114 Å². The lowest BCUT2D eigenvalue weighted by molar-refractivity contribution is 0.0694. The standard InChI is InChI=1S/C27H31N3O5S/c1-14(2)13-30-24-20(23(32)29(7)26(30)35)19(25(33)34)22(36(24)27(4,5)6)21(31)17-12-15(3)28-18-11-9-8-10-16(17)18/h8-12,14,21,31H,13H2,1-7H3/p+1. The van der Waals surface area contributed by atoms with Gasteiger partial charge in [0, 0.05) is 40.7 Å². The zero-order valence-corrected chi connectivity index (χ0v) is 22.4. The van der Waals surface area contributed by atoms with Gasteiger partial charge in [0.25, 0.3) is 10.4 Å². The van der Waals surface area contributed by atoms with Crippen LogP contribution in [0.5, 0.6) is 0 Å². The predicted octanol–water partition coefficient (Wildman–Crippen LogP) is 4.50. The lowest BCUT2D eigenvalue weighted by Gasteiger charge is -2.18. The molecule has 2 atom stereocenters. The summed E-state index contributed by atoms with van der Waals surface area (Å²) in [4.78, 5) is 44.7. The van der Waals surface area contributed by atoms with E-state index in [1.54, 1.807) is 6.07 Å². The Hall–Kier alpha value is -3.30. The summed E-state index contributed by atoms with van der Waals surface area (Å²) in [6.45, 7) is 11.9. The number of hydrogen-bond donors (Lipinski definition) is 2. The molecule has 0 spiro atoms. The minimum Gasteiger partial charge on any atom is -0.477 e. The van der Waals surface area contributed by atoms with Gasteiger partial charge in [0.05, 0.1) is 5.52 Å². The van der Waals surface area contributed by atoms with Crippen LogP contribution in [-0.4, -0.2) is 30.3 Å². The Morgan fingerprint density at radius 3 is 2.39 bits per heavy atom. The predicted molar refractivity (Wildman–Crippen MR) is 143 cm³/mol. The van der Waals surface area contributed by atoms with Gasteiger partial charge in [0.1, 0.15) is 15.7 Å². The molecular formula is C27H32N3O5S+. The van der Waals surface area contributed by atoms with E-state index in [2.05, 4.69) is 4.98 Å². The van der Waals surface area contributed by atoms with Crippen molar-refractivity contribution in [2.45, 2.75) is 58.9 Å². The number of benzene rings is 1. The van der Waals surface area contributed by atoms with Crippen LogP contribution in [0.4, 0.5) is 0 Å². The lowest BCUT2D eigenvalue weighted by Crippen LogP contribution is -2.39. The Morgan fingerprint density at radius 2 is 1.81 bits per heavy atom. The van der Waals surface area contributed by atoms with Crippen LogP contribution in [0.1, 0.15) is 67.2 Å². The molecule has 0 aliphatic rings. The van der Waals surface area contributed by atoms with E-state index in [0.29, 0.717) is 33.5 Å². The third-order valence-electron chi connectivity index (χ3n) is 6.20. The first kappa shape index (κ1) is 25.8. The third-order valence-corrected chi connectivity index (χ3v) is 9.10. The number of hydrogen-bond acceptors (Lipinski definition) is 5. The number of carbonyl (C=O) groups is 1. The minimum atomic E-state index is -1.31. The summed E-state index contributed by atoms with van der Waals surface area (Å²) in [5.41, 5.74) is 0.525. The van der Waals surface area contributed by atoms with Crippen molar-refractivity contribution in [2.24, 2.45) is 13.0 Å². The quantitative estimate of drug-likeness (QED) is 0.382. The van der Waals surface area contributed by atoms with Crippen LogP contribution >= 0.6 is 10.5 Å². The molecule has 0 aliphatic heterocycles. The van der Waals surface area contributed by atoms with Crippen molar-refractivity contribution >= 4 is 37.6 Å². The van der Waals surface area contributed by atoms with Gasteiger partial charge in [0.2, 0.25) is 4.88 Å². The highest BCUT2D eigenvalue weighted by atomic mass is 32.2. The van der Waals surface area contributed by atoms with Gasteiger partial charge in [-0.25, -0.2) is 14.2 Å². The molecule has 0 radical (unpaired) electrons. The van der Waals surface area contributed by atoms with Crippen molar-refractivity contribution < 1.29 is 15.0 Å². The Kier molecular flexibility index (Phi) is 6.43. The molecule has 4 aromatic rings. The number of pyridine rings is 1. The Morgan fingerprint density at radius 1 is 1.17 bits per heavy atom. The number of carboxylic acid groups (broad SMARTS) is 1. The van der Waals surface area contributed by atoms with E-state index in [4.69, 9.17) is 0 Å². The molecule has 0 bridgehead atoms. The lowest BCUT2D eigenvalue weighted by atomic mass is 9.99. The van der Waals surface area contributed by atoms with Crippen LogP contribution in [0, 0.1) is 12.8 Å². The largest absolute Gasteiger partial charge is 0.477 e. The summed E-state index contributed by atoms with van der Waals surface area (Å²) in [6, 6.07) is 9.13. The average molecular weight is 511 g/mol. The highest BCUT2D eigenvalue weighted by Gasteiger charge is 2.45. The van der Waals surface area contributed by atoms with E-state index in [1.807, 2.05) is 65.8 Å². The van der Waals surface area contributed by atoms with Gasteiger partial charge in [-0.2, -0.15) is 0 Å². The molecule has 36 heavy (non-hydrogen) atoms. The normalized spacial score (nSPS) is 13.6. The van der Waals surface area contributed by atoms with E-state index in [9.17, 15) is 24.6 Å². The minimum absolute atomic E-state index is 0.00681. The molecular weight excluding hydrogens is 478 g/mol. The highest BCUT2D eigenvalue weighted by molar-refractivity contribution is 7.39. The number of aryl methyl sites for hydroxylation is 1. The van der Waals surface area contributed by atoms with Crippen molar-refractivity contribution in [1.82, 2.24) is 14.1 Å². The summed E-state index contributed by atoms with van der Waals surface area (Å²) in [6.07, 6.45) is -1.31. The fraction of sp³-hybridized carbons (Fsp3) is 0.407. The number of aliphatic hydroxyl groups excluding tert-OH is 1. The molecule has 0 fully saturated rings. The number of aromatic nitrogens is 3. The number of thiophene rings is 1. The highest BCUT2D eigenvalue weighted by Crippen LogP contribution is 2.52. The Balaban J connectivity index is 2.27. The maximum Gasteiger partial charge on any atom is 0.342 e. The molecule has 2 N–H and O–H groups in total. The van der Waals surface area contributed by atoms with Gasteiger partial charge in [-0.3, -0.25) is 14.3 Å². The molecule has 0 aliphatic carbocycles. The van der Waals surface area contributed by atoms with Crippen LogP contribution in [0.25, 0.3) is 21.1 Å². The van der Waals surface area contributed by atoms with Crippen LogP contribution in [0.15, 0.2) is 39.9 Å². The van der Waals surface area contributed by atoms with E-state index < -0.39 is 38.5 Å². The molecule has 1 aromatic carbocycles. The van der Waals surface area contributed by atoms with Crippen molar-refractivity contribution in [1.29, 1.82) is 0 Å². The number of fused-ring (bicyclic) bond motifs is 2. The zero-order chi connectivity index (χ0) is 26.7. The molecule has 3 aromatic heterocycles. The molecule has 2 unspecified atom stereocenters. The number of aromatic carboxylic acids is 1. The average Bonchev–Trinajstić information content (AvgIpc) is 3.16. The maximum absolute atomic E-state index is 13.4. The van der Waals surface area contributed by atoms with Crippen LogP contribution < -0.4 is 11.2 Å². The SMILES string of the molecule is Cc1cc(C(O)c2c(C(=O)O)c3c(=O)n(C)c(=O)n(CC(C)C)c3[s+]2C(C)(C)C)c2ccccc2n1. The number of para-hydroxylation sites is 1. The van der Waals surface area contributed by atoms with E-state index in [0.717, 1.165) is 4.57 Å². The summed E-state index contributed by atoms with van der Waals surface area (Å²) in [7, 11) is 0.299. The first-order valence-corrected chi connectivity index (χ1v) is 13.1. The van der Waals surface area contributed by atoms with Crippen molar-refractivity contribution in [3.05, 3.63) is 72.9 Å². The maximum atomic E-state index is 13.4. The third kappa shape index (κ3) is 4.06. The number of carboxylic acids is 1. The molecule has 3 heterocycles. The Bertz CT molecular complexity index is 1640. The van der Waals surface area contributed by atoms with Gasteiger partial charge < -0.3 is 10.2 Å². The van der Waals surface area contributed by atoms with Crippen molar-refractivity contribution in [3.63, 3.8) is 0 Å². The fourth-order valence-corrected chi connectivity index (χ4v) is 7.78. The van der Waals surface area contributed by atoms with Crippen molar-refractivity contribution in [3.8, 4) is 0 Å². The zero-order valence-electron chi connectivity index (χ0n) is 21.6. The second-order valence-electron chi connectivity index (χ2n) is 10.6. The summed E-state index contributed by atoms with van der Waals surface area (Å²) in [5.74, 6) is -1.23. The summed E-state index contributed by atoms with van der Waals surface area (Å²) < 4.78 is 1.92. The van der Waals surface area contributed by atoms with Gasteiger partial charge in [-0.15, -0.1) is 0 Å². The molecule has 0 saturated heterocycles. The Labute approximate surface area is 211 Å². The monoisotopic (exact) mass is 510 g/mol. The number of nitrogens with zero attached hydrogens (tertiary/aromatic N) is 3. The second-order valence-corrected chi connectivity index (χ2v) is 13.2. The fourth-order valence-electron chi connectivity index (χ4n) is 4.82. The van der Waals surface area contributed by atoms with Gasteiger partial charge in [-0.05, 0) is 45.7 Å². The van der Waals surface area contributed by atoms with Crippen LogP contribution in [-0.2, 0) is 18.3 Å². The van der Waals surface area contributed by atoms with E-state index in [-0.39, 0.29) is 21.7 Å². The summed E-state index contributed by atoms with van der Waals surface area (Å²) >= 11 is 0. The molecule has 9 heteroatoms. The van der Waals surface area contributed by atoms with E-state index >= 15 is 0 Å². The molecule has 190 valence electrons. The van der Waals surface area contributed by atoms with Crippen molar-refractivity contribution in [2.75, 3.05) is 0 Å². The van der Waals surface area contributed by atoms with Gasteiger partial charge in [-0.1, -0.05) is 32.0 Å². The first-order valence-electron chi connectivity index (χ1n) is 11.9. The van der Waals surface area contributed by atoms with Crippen LogP contribution in [0.3, 0.4) is 0 Å². The number of rotatable bonds is 5. The van der Waals surface area contributed by atoms with Gasteiger partial charge >= 0.3 is 11.7 Å². The number of aliphatic hydroxyl groups is 1. The van der Waals surface area contributed by atoms with Crippen LogP contribution in [0.2, 0.25) is 0 Å². The van der Waals surface area contributed by atoms with E-state index in [1.165, 1.54) is 11.6 Å².